The van der Waals surface area contributed by atoms with Crippen LogP contribution in [0.5, 0.6) is 0 Å². The van der Waals surface area contributed by atoms with Gasteiger partial charge in [0.05, 0.1) is 18.6 Å². The van der Waals surface area contributed by atoms with Gasteiger partial charge < -0.3 is 10.0 Å². The Hall–Kier alpha value is -1.05. The molecule has 0 heterocycles. The highest BCUT2D eigenvalue weighted by atomic mass is 79.9. The van der Waals surface area contributed by atoms with Gasteiger partial charge in [-0.25, -0.2) is 0 Å². The molecule has 1 atom stereocenters. The van der Waals surface area contributed by atoms with Crippen LogP contribution < -0.4 is 4.90 Å². The normalized spacial score (nSPS) is 11.9. The average molecular weight is 297 g/mol. The number of benzene rings is 1. The van der Waals surface area contributed by atoms with E-state index in [2.05, 4.69) is 26.9 Å². The maximum Gasteiger partial charge on any atom is 0.0702 e. The molecule has 0 aliphatic heterocycles. The predicted molar refractivity (Wildman–Crippen MR) is 72.7 cm³/mol. The van der Waals surface area contributed by atoms with Crippen LogP contribution >= 0.6 is 15.9 Å². The van der Waals surface area contributed by atoms with Crippen molar-refractivity contribution in [2.24, 2.45) is 5.92 Å². The minimum Gasteiger partial charge on any atom is -0.392 e. The molecule has 1 rings (SSSR count). The minimum absolute atomic E-state index is 0.0139. The van der Waals surface area contributed by atoms with Gasteiger partial charge in [-0.05, 0) is 26.0 Å². The first kappa shape index (κ1) is 14.0. The molecule has 0 fully saturated rings. The molecule has 0 saturated carbocycles. The Labute approximate surface area is 111 Å². The summed E-state index contributed by atoms with van der Waals surface area (Å²) >= 11 is 3.43. The van der Waals surface area contributed by atoms with E-state index in [4.69, 9.17) is 5.26 Å². The molecule has 0 bridgehead atoms. The Morgan fingerprint density at radius 1 is 1.53 bits per heavy atom. The molecule has 1 N–H and O–H groups in total. The number of hydrogen-bond acceptors (Lipinski definition) is 3. The van der Waals surface area contributed by atoms with Crippen LogP contribution in [0.1, 0.15) is 19.4 Å². The van der Waals surface area contributed by atoms with Crippen LogP contribution in [0.25, 0.3) is 0 Å². The van der Waals surface area contributed by atoms with E-state index in [1.54, 1.807) is 0 Å². The van der Waals surface area contributed by atoms with Gasteiger partial charge in [0.1, 0.15) is 0 Å². The number of anilines is 1. The van der Waals surface area contributed by atoms with E-state index in [1.165, 1.54) is 0 Å². The first-order chi connectivity index (χ1) is 8.12. The second kappa shape index (κ2) is 6.63. The third-order valence-corrected chi connectivity index (χ3v) is 3.15. The molecule has 1 aromatic carbocycles. The fraction of sp³-hybridized carbons (Fsp3) is 0.462. The topological polar surface area (TPSA) is 47.3 Å². The Morgan fingerprint density at radius 3 is 2.76 bits per heavy atom. The van der Waals surface area contributed by atoms with E-state index in [9.17, 15) is 5.11 Å². The standard InChI is InChI=1S/C13H17BrN2O/c1-3-16(8-10(2)7-15)13-6-12(14)5-4-11(13)9-17/h4-6,10,17H,3,8-9H2,1-2H3. The zero-order chi connectivity index (χ0) is 12.8. The van der Waals surface area contributed by atoms with Gasteiger partial charge in [0.2, 0.25) is 0 Å². The number of aliphatic hydroxyl groups is 1. The SMILES string of the molecule is CCN(CC(C)C#N)c1cc(Br)ccc1CO. The minimum atomic E-state index is -0.0273. The Bertz CT molecular complexity index is 414. The number of nitrogens with zero attached hydrogens (tertiary/aromatic N) is 2. The van der Waals surface area contributed by atoms with Gasteiger partial charge in [-0.2, -0.15) is 5.26 Å². The molecule has 0 amide bonds. The monoisotopic (exact) mass is 296 g/mol. The largest absolute Gasteiger partial charge is 0.392 e. The molecule has 92 valence electrons. The summed E-state index contributed by atoms with van der Waals surface area (Å²) in [6, 6.07) is 8.04. The molecule has 0 aliphatic carbocycles. The maximum atomic E-state index is 9.34. The lowest BCUT2D eigenvalue weighted by Crippen LogP contribution is -2.28. The lowest BCUT2D eigenvalue weighted by molar-refractivity contribution is 0.282. The van der Waals surface area contributed by atoms with Gasteiger partial charge in [-0.15, -0.1) is 0 Å². The van der Waals surface area contributed by atoms with E-state index >= 15 is 0 Å². The summed E-state index contributed by atoms with van der Waals surface area (Å²) in [7, 11) is 0. The number of nitriles is 1. The van der Waals surface area contributed by atoms with Crippen molar-refractivity contribution in [3.63, 3.8) is 0 Å². The van der Waals surface area contributed by atoms with Gasteiger partial charge in [-0.3, -0.25) is 0 Å². The summed E-state index contributed by atoms with van der Waals surface area (Å²) in [4.78, 5) is 2.12. The quantitative estimate of drug-likeness (QED) is 0.909. The van der Waals surface area contributed by atoms with Crippen LogP contribution in [-0.2, 0) is 6.61 Å². The maximum absolute atomic E-state index is 9.34. The van der Waals surface area contributed by atoms with E-state index in [0.717, 1.165) is 22.3 Å². The molecule has 0 radical (unpaired) electrons. The highest BCUT2D eigenvalue weighted by molar-refractivity contribution is 9.10. The summed E-state index contributed by atoms with van der Waals surface area (Å²) < 4.78 is 0.979. The third-order valence-electron chi connectivity index (χ3n) is 2.65. The molecular weight excluding hydrogens is 280 g/mol. The van der Waals surface area contributed by atoms with Gasteiger partial charge >= 0.3 is 0 Å². The number of halogens is 1. The van der Waals surface area contributed by atoms with Crippen molar-refractivity contribution in [1.82, 2.24) is 0 Å². The summed E-state index contributed by atoms with van der Waals surface area (Å²) in [6.07, 6.45) is 0. The van der Waals surface area contributed by atoms with Crippen LogP contribution in [0.4, 0.5) is 5.69 Å². The predicted octanol–water partition coefficient (Wildman–Crippen LogP) is 2.93. The highest BCUT2D eigenvalue weighted by Crippen LogP contribution is 2.26. The van der Waals surface area contributed by atoms with Crippen molar-refractivity contribution < 1.29 is 5.11 Å². The van der Waals surface area contributed by atoms with Crippen LogP contribution in [-0.4, -0.2) is 18.2 Å². The van der Waals surface area contributed by atoms with Crippen molar-refractivity contribution >= 4 is 21.6 Å². The lowest BCUT2D eigenvalue weighted by Gasteiger charge is -2.26. The molecule has 3 nitrogen and oxygen atoms in total. The average Bonchev–Trinajstić information content (AvgIpc) is 2.35. The number of rotatable bonds is 5. The van der Waals surface area contributed by atoms with Gasteiger partial charge in [0.25, 0.3) is 0 Å². The summed E-state index contributed by atoms with van der Waals surface area (Å²) in [5, 5.41) is 18.2. The molecule has 0 saturated heterocycles. The molecule has 1 unspecified atom stereocenters. The van der Waals surface area contributed by atoms with E-state index < -0.39 is 0 Å². The second-order valence-electron chi connectivity index (χ2n) is 4.00. The molecule has 1 aromatic rings. The summed E-state index contributed by atoms with van der Waals surface area (Å²) in [5.41, 5.74) is 1.88. The van der Waals surface area contributed by atoms with Crippen LogP contribution in [0.2, 0.25) is 0 Å². The van der Waals surface area contributed by atoms with Crippen LogP contribution in [0.15, 0.2) is 22.7 Å². The van der Waals surface area contributed by atoms with Crippen molar-refractivity contribution in [3.05, 3.63) is 28.2 Å². The fourth-order valence-electron chi connectivity index (χ4n) is 1.73. The Kier molecular flexibility index (Phi) is 5.46. The highest BCUT2D eigenvalue weighted by Gasteiger charge is 2.12. The molecule has 0 aromatic heterocycles. The third kappa shape index (κ3) is 3.72. The van der Waals surface area contributed by atoms with Crippen molar-refractivity contribution in [3.8, 4) is 6.07 Å². The Morgan fingerprint density at radius 2 is 2.24 bits per heavy atom. The van der Waals surface area contributed by atoms with Crippen molar-refractivity contribution in [2.45, 2.75) is 20.5 Å². The zero-order valence-electron chi connectivity index (χ0n) is 10.2. The second-order valence-corrected chi connectivity index (χ2v) is 4.92. The van der Waals surface area contributed by atoms with E-state index in [-0.39, 0.29) is 12.5 Å². The van der Waals surface area contributed by atoms with Crippen LogP contribution in [0, 0.1) is 17.2 Å². The van der Waals surface area contributed by atoms with E-state index in [0.29, 0.717) is 6.54 Å². The van der Waals surface area contributed by atoms with Gasteiger partial charge in [0, 0.05) is 28.8 Å². The summed E-state index contributed by atoms with van der Waals surface area (Å²) in [5.74, 6) is -0.0273. The molecule has 4 heteroatoms. The van der Waals surface area contributed by atoms with Gasteiger partial charge in [-0.1, -0.05) is 22.0 Å². The number of aliphatic hydroxyl groups excluding tert-OH is 1. The Balaban J connectivity index is 3.02. The lowest BCUT2D eigenvalue weighted by atomic mass is 10.1. The van der Waals surface area contributed by atoms with Crippen molar-refractivity contribution in [1.29, 1.82) is 5.26 Å². The van der Waals surface area contributed by atoms with Crippen LogP contribution in [0.3, 0.4) is 0 Å². The fourth-order valence-corrected chi connectivity index (χ4v) is 2.08. The zero-order valence-corrected chi connectivity index (χ0v) is 11.7. The first-order valence-corrected chi connectivity index (χ1v) is 6.45. The first-order valence-electron chi connectivity index (χ1n) is 5.66. The molecule has 17 heavy (non-hydrogen) atoms. The number of hydrogen-bond donors (Lipinski definition) is 1. The molecule has 0 spiro atoms. The van der Waals surface area contributed by atoms with Gasteiger partial charge in [0.15, 0.2) is 0 Å². The summed E-state index contributed by atoms with van der Waals surface area (Å²) in [6.45, 7) is 5.46. The van der Waals surface area contributed by atoms with Crippen molar-refractivity contribution in [2.75, 3.05) is 18.0 Å². The molecular formula is C13H17BrN2O. The smallest absolute Gasteiger partial charge is 0.0702 e. The van der Waals surface area contributed by atoms with E-state index in [1.807, 2.05) is 32.0 Å². The molecule has 0 aliphatic rings.